The second-order valence-corrected chi connectivity index (χ2v) is 4.85. The molecule has 0 aliphatic carbocycles. The standard InChI is InChI=1S/C13H16N2O4/c1-9(14-6-5-11(8-14)13(16)17)10-3-2-4-12(7-10)15(18)19/h2-4,7,9,11H,5-6,8H2,1H3,(H,16,17). The number of non-ortho nitro benzene ring substituents is 1. The van der Waals surface area contributed by atoms with E-state index in [4.69, 9.17) is 5.11 Å². The van der Waals surface area contributed by atoms with Crippen molar-refractivity contribution in [2.24, 2.45) is 5.92 Å². The van der Waals surface area contributed by atoms with Gasteiger partial charge in [-0.1, -0.05) is 12.1 Å². The maximum atomic E-state index is 10.9. The number of rotatable bonds is 4. The first-order valence-electron chi connectivity index (χ1n) is 6.20. The van der Waals surface area contributed by atoms with Gasteiger partial charge >= 0.3 is 5.97 Å². The maximum absolute atomic E-state index is 10.9. The number of hydrogen-bond acceptors (Lipinski definition) is 4. The first-order valence-corrected chi connectivity index (χ1v) is 6.20. The summed E-state index contributed by atoms with van der Waals surface area (Å²) in [4.78, 5) is 23.3. The second kappa shape index (κ2) is 5.36. The summed E-state index contributed by atoms with van der Waals surface area (Å²) < 4.78 is 0. The van der Waals surface area contributed by atoms with Crippen LogP contribution in [0, 0.1) is 16.0 Å². The molecule has 0 amide bonds. The molecular formula is C13H16N2O4. The molecule has 1 aromatic rings. The molecule has 102 valence electrons. The number of nitro groups is 1. The summed E-state index contributed by atoms with van der Waals surface area (Å²) >= 11 is 0. The Bertz CT molecular complexity index is 503. The first kappa shape index (κ1) is 13.5. The lowest BCUT2D eigenvalue weighted by molar-refractivity contribution is -0.384. The van der Waals surface area contributed by atoms with Crippen LogP contribution in [0.3, 0.4) is 0 Å². The smallest absolute Gasteiger partial charge is 0.307 e. The van der Waals surface area contributed by atoms with E-state index in [1.165, 1.54) is 6.07 Å². The van der Waals surface area contributed by atoms with E-state index in [0.29, 0.717) is 19.5 Å². The third kappa shape index (κ3) is 2.90. The van der Waals surface area contributed by atoms with Crippen LogP contribution in [0.2, 0.25) is 0 Å². The quantitative estimate of drug-likeness (QED) is 0.664. The van der Waals surface area contributed by atoms with Crippen molar-refractivity contribution in [3.63, 3.8) is 0 Å². The number of likely N-dealkylation sites (tertiary alicyclic amines) is 1. The van der Waals surface area contributed by atoms with Gasteiger partial charge in [0, 0.05) is 24.7 Å². The van der Waals surface area contributed by atoms with Crippen LogP contribution in [-0.4, -0.2) is 34.0 Å². The van der Waals surface area contributed by atoms with Crippen LogP contribution in [0.1, 0.15) is 24.9 Å². The molecule has 2 atom stereocenters. The molecule has 2 unspecified atom stereocenters. The molecule has 1 heterocycles. The minimum absolute atomic E-state index is 0.00995. The van der Waals surface area contributed by atoms with Crippen molar-refractivity contribution < 1.29 is 14.8 Å². The summed E-state index contributed by atoms with van der Waals surface area (Å²) in [5.74, 6) is -1.10. The van der Waals surface area contributed by atoms with Crippen molar-refractivity contribution in [2.75, 3.05) is 13.1 Å². The Hall–Kier alpha value is -1.95. The fraction of sp³-hybridized carbons (Fsp3) is 0.462. The lowest BCUT2D eigenvalue weighted by atomic mass is 10.1. The highest BCUT2D eigenvalue weighted by molar-refractivity contribution is 5.70. The fourth-order valence-electron chi connectivity index (χ4n) is 2.45. The minimum Gasteiger partial charge on any atom is -0.481 e. The number of aliphatic carboxylic acids is 1. The molecule has 0 aromatic heterocycles. The molecule has 1 aliphatic rings. The van der Waals surface area contributed by atoms with Crippen molar-refractivity contribution in [1.29, 1.82) is 0 Å². The first-order chi connectivity index (χ1) is 8.99. The van der Waals surface area contributed by atoms with E-state index < -0.39 is 10.9 Å². The molecule has 1 N–H and O–H groups in total. The van der Waals surface area contributed by atoms with Crippen molar-refractivity contribution in [2.45, 2.75) is 19.4 Å². The molecule has 0 radical (unpaired) electrons. The largest absolute Gasteiger partial charge is 0.481 e. The van der Waals surface area contributed by atoms with E-state index in [0.717, 1.165) is 5.56 Å². The zero-order valence-electron chi connectivity index (χ0n) is 10.7. The highest BCUT2D eigenvalue weighted by Gasteiger charge is 2.31. The van der Waals surface area contributed by atoms with Crippen molar-refractivity contribution in [3.8, 4) is 0 Å². The molecule has 1 aliphatic heterocycles. The number of carboxylic acids is 1. The Morgan fingerprint density at radius 2 is 2.32 bits per heavy atom. The van der Waals surface area contributed by atoms with Gasteiger partial charge in [0.1, 0.15) is 0 Å². The summed E-state index contributed by atoms with van der Waals surface area (Å²) in [7, 11) is 0. The van der Waals surface area contributed by atoms with Crippen LogP contribution in [-0.2, 0) is 4.79 Å². The topological polar surface area (TPSA) is 83.7 Å². The van der Waals surface area contributed by atoms with Gasteiger partial charge in [-0.2, -0.15) is 0 Å². The number of nitro benzene ring substituents is 1. The van der Waals surface area contributed by atoms with Crippen LogP contribution in [0.25, 0.3) is 0 Å². The van der Waals surface area contributed by atoms with Crippen LogP contribution < -0.4 is 0 Å². The van der Waals surface area contributed by atoms with Crippen LogP contribution in [0.15, 0.2) is 24.3 Å². The zero-order valence-corrected chi connectivity index (χ0v) is 10.7. The monoisotopic (exact) mass is 264 g/mol. The van der Waals surface area contributed by atoms with Crippen molar-refractivity contribution >= 4 is 11.7 Å². The fourth-order valence-corrected chi connectivity index (χ4v) is 2.45. The Balaban J connectivity index is 2.12. The van der Waals surface area contributed by atoms with Gasteiger partial charge in [-0.15, -0.1) is 0 Å². The van der Waals surface area contributed by atoms with Gasteiger partial charge in [0.15, 0.2) is 0 Å². The van der Waals surface area contributed by atoms with Gasteiger partial charge in [-0.05, 0) is 25.5 Å². The lowest BCUT2D eigenvalue weighted by Crippen LogP contribution is -2.26. The Morgan fingerprint density at radius 3 is 2.89 bits per heavy atom. The minimum atomic E-state index is -0.770. The third-order valence-electron chi connectivity index (χ3n) is 3.68. The SMILES string of the molecule is CC(c1cccc([N+](=O)[O-])c1)N1CCC(C(=O)O)C1. The molecule has 6 heteroatoms. The summed E-state index contributed by atoms with van der Waals surface area (Å²) in [5.41, 5.74) is 0.915. The highest BCUT2D eigenvalue weighted by Crippen LogP contribution is 2.29. The van der Waals surface area contributed by atoms with E-state index in [1.807, 2.05) is 13.0 Å². The number of nitrogens with zero attached hydrogens (tertiary/aromatic N) is 2. The molecule has 1 saturated heterocycles. The van der Waals surface area contributed by atoms with E-state index in [2.05, 4.69) is 4.90 Å². The summed E-state index contributed by atoms with van der Waals surface area (Å²) in [5, 5.41) is 19.7. The van der Waals surface area contributed by atoms with Gasteiger partial charge < -0.3 is 5.11 Å². The van der Waals surface area contributed by atoms with Crippen LogP contribution in [0.5, 0.6) is 0 Å². The molecule has 0 saturated carbocycles. The predicted octanol–water partition coefficient (Wildman–Crippen LogP) is 2.06. The van der Waals surface area contributed by atoms with Gasteiger partial charge in [-0.3, -0.25) is 19.8 Å². The lowest BCUT2D eigenvalue weighted by Gasteiger charge is -2.24. The van der Waals surface area contributed by atoms with E-state index in [9.17, 15) is 14.9 Å². The van der Waals surface area contributed by atoms with Gasteiger partial charge in [0.25, 0.3) is 5.69 Å². The van der Waals surface area contributed by atoms with Gasteiger partial charge in [0.05, 0.1) is 10.8 Å². The number of carboxylic acid groups (broad SMARTS) is 1. The highest BCUT2D eigenvalue weighted by atomic mass is 16.6. The average Bonchev–Trinajstić information content (AvgIpc) is 2.87. The predicted molar refractivity (Wildman–Crippen MR) is 68.8 cm³/mol. The van der Waals surface area contributed by atoms with Gasteiger partial charge in [-0.25, -0.2) is 0 Å². The number of benzene rings is 1. The molecule has 19 heavy (non-hydrogen) atoms. The molecular weight excluding hydrogens is 248 g/mol. The molecule has 1 aromatic carbocycles. The summed E-state index contributed by atoms with van der Waals surface area (Å²) in [6.07, 6.45) is 0.634. The number of hydrogen-bond donors (Lipinski definition) is 1. The normalized spacial score (nSPS) is 21.2. The molecule has 2 rings (SSSR count). The average molecular weight is 264 g/mol. The molecule has 1 fully saturated rings. The van der Waals surface area contributed by atoms with Crippen molar-refractivity contribution in [1.82, 2.24) is 4.90 Å². The zero-order chi connectivity index (χ0) is 14.0. The Labute approximate surface area is 110 Å². The van der Waals surface area contributed by atoms with Crippen LogP contribution >= 0.6 is 0 Å². The van der Waals surface area contributed by atoms with Crippen LogP contribution in [0.4, 0.5) is 5.69 Å². The Kier molecular flexibility index (Phi) is 3.80. The Morgan fingerprint density at radius 1 is 1.58 bits per heavy atom. The number of carbonyl (C=O) groups is 1. The molecule has 0 bridgehead atoms. The summed E-state index contributed by atoms with van der Waals surface area (Å²) in [6, 6.07) is 6.50. The molecule has 6 nitrogen and oxygen atoms in total. The van der Waals surface area contributed by atoms with Crippen molar-refractivity contribution in [3.05, 3.63) is 39.9 Å². The van der Waals surface area contributed by atoms with E-state index in [1.54, 1.807) is 12.1 Å². The van der Waals surface area contributed by atoms with Gasteiger partial charge in [0.2, 0.25) is 0 Å². The second-order valence-electron chi connectivity index (χ2n) is 4.85. The third-order valence-corrected chi connectivity index (χ3v) is 3.68. The van der Waals surface area contributed by atoms with E-state index in [-0.39, 0.29) is 17.6 Å². The maximum Gasteiger partial charge on any atom is 0.307 e. The summed E-state index contributed by atoms with van der Waals surface area (Å²) in [6.45, 7) is 3.16. The van der Waals surface area contributed by atoms with E-state index >= 15 is 0 Å². The molecule has 0 spiro atoms.